The Morgan fingerprint density at radius 2 is 1.81 bits per heavy atom. The number of ether oxygens (including phenoxy) is 2. The molecule has 0 saturated heterocycles. The molecule has 5 heteroatoms. The summed E-state index contributed by atoms with van der Waals surface area (Å²) in [4.78, 5) is 0. The predicted octanol–water partition coefficient (Wildman–Crippen LogP) is 4.43. The summed E-state index contributed by atoms with van der Waals surface area (Å²) in [6.45, 7) is 0. The van der Waals surface area contributed by atoms with Crippen molar-refractivity contribution in [3.8, 4) is 11.5 Å². The SMILES string of the molecule is CNC(c1ccc(Cl)cc1Br)c1cc(OC)ccc1OC. The van der Waals surface area contributed by atoms with Crippen molar-refractivity contribution in [1.29, 1.82) is 0 Å². The Morgan fingerprint density at radius 3 is 2.38 bits per heavy atom. The van der Waals surface area contributed by atoms with E-state index >= 15 is 0 Å². The third-order valence-corrected chi connectivity index (χ3v) is 4.23. The maximum absolute atomic E-state index is 6.02. The molecule has 0 aliphatic carbocycles. The van der Waals surface area contributed by atoms with Crippen molar-refractivity contribution in [2.45, 2.75) is 6.04 Å². The van der Waals surface area contributed by atoms with Gasteiger partial charge in [-0.15, -0.1) is 0 Å². The second kappa shape index (κ2) is 7.16. The lowest BCUT2D eigenvalue weighted by atomic mass is 9.97. The average Bonchev–Trinajstić information content (AvgIpc) is 2.49. The summed E-state index contributed by atoms with van der Waals surface area (Å²) >= 11 is 9.59. The first-order valence-electron chi connectivity index (χ1n) is 6.44. The Morgan fingerprint density at radius 1 is 1.05 bits per heavy atom. The molecule has 3 nitrogen and oxygen atoms in total. The Kier molecular flexibility index (Phi) is 5.51. The van der Waals surface area contributed by atoms with Crippen LogP contribution in [0.25, 0.3) is 0 Å². The van der Waals surface area contributed by atoms with Gasteiger partial charge in [-0.05, 0) is 42.9 Å². The van der Waals surface area contributed by atoms with E-state index in [1.54, 1.807) is 14.2 Å². The Balaban J connectivity index is 2.54. The number of benzene rings is 2. The van der Waals surface area contributed by atoms with Gasteiger partial charge in [0.2, 0.25) is 0 Å². The van der Waals surface area contributed by atoms with Gasteiger partial charge in [0, 0.05) is 15.1 Å². The van der Waals surface area contributed by atoms with Gasteiger partial charge in [-0.25, -0.2) is 0 Å². The number of methoxy groups -OCH3 is 2. The van der Waals surface area contributed by atoms with Crippen LogP contribution in [0.4, 0.5) is 0 Å². The van der Waals surface area contributed by atoms with Crippen molar-refractivity contribution >= 4 is 27.5 Å². The van der Waals surface area contributed by atoms with Crippen molar-refractivity contribution in [1.82, 2.24) is 5.32 Å². The van der Waals surface area contributed by atoms with Gasteiger partial charge in [-0.3, -0.25) is 0 Å². The van der Waals surface area contributed by atoms with Crippen LogP contribution < -0.4 is 14.8 Å². The second-order valence-electron chi connectivity index (χ2n) is 4.50. The molecule has 0 bridgehead atoms. The summed E-state index contributed by atoms with van der Waals surface area (Å²) in [6.07, 6.45) is 0. The molecule has 0 spiro atoms. The molecule has 0 saturated carbocycles. The van der Waals surface area contributed by atoms with Gasteiger partial charge in [-0.2, -0.15) is 0 Å². The summed E-state index contributed by atoms with van der Waals surface area (Å²) in [7, 11) is 5.22. The summed E-state index contributed by atoms with van der Waals surface area (Å²) in [5.74, 6) is 1.59. The fraction of sp³-hybridized carbons (Fsp3) is 0.250. The molecule has 21 heavy (non-hydrogen) atoms. The molecule has 0 aliphatic rings. The number of rotatable bonds is 5. The number of halogens is 2. The van der Waals surface area contributed by atoms with E-state index in [1.165, 1.54) is 0 Å². The minimum Gasteiger partial charge on any atom is -0.497 e. The minimum atomic E-state index is -0.0401. The van der Waals surface area contributed by atoms with Gasteiger partial charge in [0.25, 0.3) is 0 Å². The lowest BCUT2D eigenvalue weighted by Gasteiger charge is -2.22. The van der Waals surface area contributed by atoms with Crippen LogP contribution >= 0.6 is 27.5 Å². The van der Waals surface area contributed by atoms with E-state index in [0.29, 0.717) is 5.02 Å². The van der Waals surface area contributed by atoms with Crippen LogP contribution in [-0.2, 0) is 0 Å². The third-order valence-electron chi connectivity index (χ3n) is 3.31. The first kappa shape index (κ1) is 16.1. The highest BCUT2D eigenvalue weighted by Crippen LogP contribution is 2.36. The van der Waals surface area contributed by atoms with Crippen LogP contribution in [0.15, 0.2) is 40.9 Å². The molecule has 0 heterocycles. The van der Waals surface area contributed by atoms with E-state index in [-0.39, 0.29) is 6.04 Å². The number of nitrogens with one attached hydrogen (secondary N) is 1. The van der Waals surface area contributed by atoms with Crippen LogP contribution in [0.5, 0.6) is 11.5 Å². The van der Waals surface area contributed by atoms with Crippen LogP contribution in [-0.4, -0.2) is 21.3 Å². The third kappa shape index (κ3) is 3.51. The van der Waals surface area contributed by atoms with Gasteiger partial charge < -0.3 is 14.8 Å². The molecule has 112 valence electrons. The molecule has 0 radical (unpaired) electrons. The topological polar surface area (TPSA) is 30.5 Å². The zero-order chi connectivity index (χ0) is 15.4. The van der Waals surface area contributed by atoms with Crippen molar-refractivity contribution in [2.24, 2.45) is 0 Å². The monoisotopic (exact) mass is 369 g/mol. The van der Waals surface area contributed by atoms with Crippen LogP contribution in [0.1, 0.15) is 17.2 Å². The van der Waals surface area contributed by atoms with E-state index in [9.17, 15) is 0 Å². The standard InChI is InChI=1S/C16H17BrClNO2/c1-19-16(12-6-4-10(18)8-14(12)17)13-9-11(20-2)5-7-15(13)21-3/h4-9,16,19H,1-3H3. The first-order valence-corrected chi connectivity index (χ1v) is 7.62. The summed E-state index contributed by atoms with van der Waals surface area (Å²) < 4.78 is 11.7. The normalized spacial score (nSPS) is 12.0. The van der Waals surface area contributed by atoms with Crippen molar-refractivity contribution in [3.63, 3.8) is 0 Å². The number of hydrogen-bond acceptors (Lipinski definition) is 3. The molecule has 0 amide bonds. The Labute approximate surface area is 138 Å². The zero-order valence-corrected chi connectivity index (χ0v) is 14.5. The van der Waals surface area contributed by atoms with Crippen molar-refractivity contribution in [2.75, 3.05) is 21.3 Å². The van der Waals surface area contributed by atoms with Crippen LogP contribution in [0, 0.1) is 0 Å². The van der Waals surface area contributed by atoms with Crippen molar-refractivity contribution < 1.29 is 9.47 Å². The Hall–Kier alpha value is -1.23. The Bertz CT molecular complexity index is 634. The summed E-state index contributed by atoms with van der Waals surface area (Å²) in [6, 6.07) is 11.5. The molecule has 2 aromatic rings. The van der Waals surface area contributed by atoms with Gasteiger partial charge >= 0.3 is 0 Å². The van der Waals surface area contributed by atoms with Crippen molar-refractivity contribution in [3.05, 3.63) is 57.0 Å². The highest BCUT2D eigenvalue weighted by molar-refractivity contribution is 9.10. The molecule has 0 aliphatic heterocycles. The maximum Gasteiger partial charge on any atom is 0.124 e. The molecule has 1 atom stereocenters. The van der Waals surface area contributed by atoms with E-state index in [4.69, 9.17) is 21.1 Å². The van der Waals surface area contributed by atoms with Gasteiger partial charge in [0.05, 0.1) is 20.3 Å². The molecule has 2 aromatic carbocycles. The summed E-state index contributed by atoms with van der Waals surface area (Å²) in [5.41, 5.74) is 2.08. The smallest absolute Gasteiger partial charge is 0.124 e. The maximum atomic E-state index is 6.02. The lowest BCUT2D eigenvalue weighted by Crippen LogP contribution is -2.19. The fourth-order valence-electron chi connectivity index (χ4n) is 2.28. The molecular weight excluding hydrogens is 354 g/mol. The second-order valence-corrected chi connectivity index (χ2v) is 5.79. The van der Waals surface area contributed by atoms with Gasteiger partial charge in [-0.1, -0.05) is 33.6 Å². The fourth-order valence-corrected chi connectivity index (χ4v) is 3.19. The summed E-state index contributed by atoms with van der Waals surface area (Å²) in [5, 5.41) is 4.00. The van der Waals surface area contributed by atoms with E-state index in [2.05, 4.69) is 21.2 Å². The molecule has 2 rings (SSSR count). The van der Waals surface area contributed by atoms with E-state index in [0.717, 1.165) is 27.1 Å². The highest BCUT2D eigenvalue weighted by atomic mass is 79.9. The molecular formula is C16H17BrClNO2. The first-order chi connectivity index (χ1) is 10.1. The number of hydrogen-bond donors (Lipinski definition) is 1. The molecule has 0 aromatic heterocycles. The minimum absolute atomic E-state index is 0.0401. The van der Waals surface area contributed by atoms with E-state index < -0.39 is 0 Å². The average molecular weight is 371 g/mol. The molecule has 1 unspecified atom stereocenters. The lowest BCUT2D eigenvalue weighted by molar-refractivity contribution is 0.395. The molecule has 0 fully saturated rings. The molecule has 1 N–H and O–H groups in total. The van der Waals surface area contributed by atoms with Gasteiger partial charge in [0.15, 0.2) is 0 Å². The predicted molar refractivity (Wildman–Crippen MR) is 89.6 cm³/mol. The largest absolute Gasteiger partial charge is 0.497 e. The van der Waals surface area contributed by atoms with Gasteiger partial charge in [0.1, 0.15) is 11.5 Å². The quantitative estimate of drug-likeness (QED) is 0.844. The zero-order valence-electron chi connectivity index (χ0n) is 12.1. The van der Waals surface area contributed by atoms with Crippen LogP contribution in [0.3, 0.4) is 0 Å². The van der Waals surface area contributed by atoms with E-state index in [1.807, 2.05) is 43.4 Å². The van der Waals surface area contributed by atoms with Crippen LogP contribution in [0.2, 0.25) is 5.02 Å². The highest BCUT2D eigenvalue weighted by Gasteiger charge is 2.20.